The SMILES string of the molecule is O=C(N/N=C/c1cc(Br)c(Br)o1)c1ccccc1. The second-order valence-corrected chi connectivity index (χ2v) is 4.91. The van der Waals surface area contributed by atoms with Crippen LogP contribution in [0.5, 0.6) is 0 Å². The molecule has 1 amide bonds. The third kappa shape index (κ3) is 3.30. The fourth-order valence-corrected chi connectivity index (χ4v) is 1.84. The summed E-state index contributed by atoms with van der Waals surface area (Å²) in [5, 5.41) is 3.81. The van der Waals surface area contributed by atoms with Gasteiger partial charge in [-0.05, 0) is 44.0 Å². The minimum Gasteiger partial charge on any atom is -0.447 e. The van der Waals surface area contributed by atoms with E-state index in [2.05, 4.69) is 42.4 Å². The number of hydrogen-bond donors (Lipinski definition) is 1. The van der Waals surface area contributed by atoms with Crippen molar-refractivity contribution in [3.63, 3.8) is 0 Å². The van der Waals surface area contributed by atoms with E-state index in [1.165, 1.54) is 6.21 Å². The Hall–Kier alpha value is -1.40. The van der Waals surface area contributed by atoms with Crippen LogP contribution in [0, 0.1) is 0 Å². The highest BCUT2D eigenvalue weighted by Gasteiger charge is 2.04. The fourth-order valence-electron chi connectivity index (χ4n) is 1.24. The number of nitrogens with zero attached hydrogens (tertiary/aromatic N) is 1. The summed E-state index contributed by atoms with van der Waals surface area (Å²) < 4.78 is 6.64. The molecule has 0 atom stereocenters. The molecule has 0 fully saturated rings. The molecule has 0 saturated heterocycles. The maximum Gasteiger partial charge on any atom is 0.271 e. The number of carbonyl (C=O) groups is 1. The van der Waals surface area contributed by atoms with Crippen LogP contribution in [0.4, 0.5) is 0 Å². The average Bonchev–Trinajstić information content (AvgIpc) is 2.69. The van der Waals surface area contributed by atoms with Gasteiger partial charge in [0.2, 0.25) is 0 Å². The molecule has 0 aliphatic carbocycles. The van der Waals surface area contributed by atoms with Crippen molar-refractivity contribution in [2.24, 2.45) is 5.10 Å². The van der Waals surface area contributed by atoms with Gasteiger partial charge in [-0.1, -0.05) is 18.2 Å². The van der Waals surface area contributed by atoms with Crippen molar-refractivity contribution in [1.29, 1.82) is 0 Å². The molecule has 0 aliphatic rings. The topological polar surface area (TPSA) is 54.6 Å². The van der Waals surface area contributed by atoms with Crippen LogP contribution >= 0.6 is 31.9 Å². The number of benzene rings is 1. The van der Waals surface area contributed by atoms with Crippen LogP contribution in [0.3, 0.4) is 0 Å². The van der Waals surface area contributed by atoms with Crippen molar-refractivity contribution in [2.75, 3.05) is 0 Å². The average molecular weight is 372 g/mol. The van der Waals surface area contributed by atoms with Crippen molar-refractivity contribution in [2.45, 2.75) is 0 Å². The molecular formula is C12H8Br2N2O2. The van der Waals surface area contributed by atoms with E-state index < -0.39 is 0 Å². The molecule has 0 radical (unpaired) electrons. The Bertz CT molecular complexity index is 560. The number of nitrogens with one attached hydrogen (secondary N) is 1. The summed E-state index contributed by atoms with van der Waals surface area (Å²) in [4.78, 5) is 11.6. The predicted molar refractivity (Wildman–Crippen MR) is 75.6 cm³/mol. The Morgan fingerprint density at radius 3 is 2.61 bits per heavy atom. The van der Waals surface area contributed by atoms with Crippen LogP contribution in [-0.2, 0) is 0 Å². The first-order valence-electron chi connectivity index (χ1n) is 5.00. The summed E-state index contributed by atoms with van der Waals surface area (Å²) in [6, 6.07) is 10.6. The largest absolute Gasteiger partial charge is 0.447 e. The number of carbonyl (C=O) groups excluding carboxylic acids is 1. The molecule has 0 saturated carbocycles. The van der Waals surface area contributed by atoms with Gasteiger partial charge in [-0.2, -0.15) is 5.10 Å². The lowest BCUT2D eigenvalue weighted by Gasteiger charge is -1.97. The summed E-state index contributed by atoms with van der Waals surface area (Å²) in [5.74, 6) is 0.263. The molecule has 4 nitrogen and oxygen atoms in total. The molecule has 0 spiro atoms. The van der Waals surface area contributed by atoms with Crippen molar-refractivity contribution < 1.29 is 9.21 Å². The van der Waals surface area contributed by atoms with E-state index in [-0.39, 0.29) is 5.91 Å². The van der Waals surface area contributed by atoms with E-state index >= 15 is 0 Å². The van der Waals surface area contributed by atoms with Crippen LogP contribution in [0.1, 0.15) is 16.1 Å². The lowest BCUT2D eigenvalue weighted by molar-refractivity contribution is 0.0955. The van der Waals surface area contributed by atoms with Gasteiger partial charge in [0, 0.05) is 11.6 Å². The first-order chi connectivity index (χ1) is 8.66. The normalized spacial score (nSPS) is 10.8. The van der Waals surface area contributed by atoms with Crippen molar-refractivity contribution in [1.82, 2.24) is 5.43 Å². The molecule has 0 unspecified atom stereocenters. The molecule has 1 N–H and O–H groups in total. The maximum atomic E-state index is 11.6. The lowest BCUT2D eigenvalue weighted by atomic mass is 10.2. The van der Waals surface area contributed by atoms with Gasteiger partial charge in [0.05, 0.1) is 10.7 Å². The second-order valence-electron chi connectivity index (χ2n) is 3.34. The van der Waals surface area contributed by atoms with Gasteiger partial charge in [0.15, 0.2) is 4.67 Å². The molecule has 1 aromatic carbocycles. The Labute approximate surface area is 120 Å². The number of amides is 1. The summed E-state index contributed by atoms with van der Waals surface area (Å²) >= 11 is 6.50. The van der Waals surface area contributed by atoms with Crippen LogP contribution in [0.15, 0.2) is 55.1 Å². The van der Waals surface area contributed by atoms with E-state index in [4.69, 9.17) is 4.42 Å². The fraction of sp³-hybridized carbons (Fsp3) is 0. The van der Waals surface area contributed by atoms with E-state index in [1.54, 1.807) is 30.3 Å². The van der Waals surface area contributed by atoms with E-state index in [9.17, 15) is 4.79 Å². The third-order valence-electron chi connectivity index (χ3n) is 2.06. The van der Waals surface area contributed by atoms with Gasteiger partial charge in [-0.25, -0.2) is 5.43 Å². The molecule has 1 aromatic heterocycles. The van der Waals surface area contributed by atoms with E-state index in [0.29, 0.717) is 16.0 Å². The zero-order valence-electron chi connectivity index (χ0n) is 9.06. The van der Waals surface area contributed by atoms with E-state index in [0.717, 1.165) is 4.47 Å². The van der Waals surface area contributed by atoms with Gasteiger partial charge in [0.1, 0.15) is 5.76 Å². The van der Waals surface area contributed by atoms with E-state index in [1.807, 2.05) is 6.07 Å². The zero-order valence-corrected chi connectivity index (χ0v) is 12.2. The van der Waals surface area contributed by atoms with Gasteiger partial charge in [-0.15, -0.1) is 0 Å². The molecule has 1 heterocycles. The number of hydrazone groups is 1. The highest BCUT2D eigenvalue weighted by molar-refractivity contribution is 9.13. The van der Waals surface area contributed by atoms with Crippen LogP contribution < -0.4 is 5.43 Å². The quantitative estimate of drug-likeness (QED) is 0.662. The first-order valence-corrected chi connectivity index (χ1v) is 6.58. The van der Waals surface area contributed by atoms with Gasteiger partial charge < -0.3 is 4.42 Å². The third-order valence-corrected chi connectivity index (χ3v) is 3.77. The molecule has 2 aromatic rings. The molecule has 0 aliphatic heterocycles. The molecule has 0 bridgehead atoms. The highest BCUT2D eigenvalue weighted by atomic mass is 79.9. The number of furan rings is 1. The van der Waals surface area contributed by atoms with Gasteiger partial charge in [-0.3, -0.25) is 4.79 Å². The summed E-state index contributed by atoms with van der Waals surface area (Å²) in [6.07, 6.45) is 1.43. The lowest BCUT2D eigenvalue weighted by Crippen LogP contribution is -2.17. The minimum atomic E-state index is -0.267. The van der Waals surface area contributed by atoms with Crippen molar-refractivity contribution in [3.05, 3.63) is 56.9 Å². The van der Waals surface area contributed by atoms with Crippen LogP contribution in [-0.4, -0.2) is 12.1 Å². The summed E-state index contributed by atoms with van der Waals surface area (Å²) in [5.41, 5.74) is 2.97. The Morgan fingerprint density at radius 1 is 1.28 bits per heavy atom. The Morgan fingerprint density at radius 2 is 2.00 bits per heavy atom. The van der Waals surface area contributed by atoms with Crippen LogP contribution in [0.2, 0.25) is 0 Å². The predicted octanol–water partition coefficient (Wildman–Crippen LogP) is 3.57. The highest BCUT2D eigenvalue weighted by Crippen LogP contribution is 2.25. The number of hydrogen-bond acceptors (Lipinski definition) is 3. The molecule has 18 heavy (non-hydrogen) atoms. The summed E-state index contributed by atoms with van der Waals surface area (Å²) in [6.45, 7) is 0. The number of rotatable bonds is 3. The standard InChI is InChI=1S/C12H8Br2N2O2/c13-10-6-9(18-11(10)14)7-15-16-12(17)8-4-2-1-3-5-8/h1-7H,(H,16,17)/b15-7+. The molecule has 92 valence electrons. The molecule has 6 heteroatoms. The summed E-state index contributed by atoms with van der Waals surface area (Å²) in [7, 11) is 0. The Balaban J connectivity index is 1.98. The van der Waals surface area contributed by atoms with Crippen molar-refractivity contribution in [3.8, 4) is 0 Å². The monoisotopic (exact) mass is 370 g/mol. The van der Waals surface area contributed by atoms with Gasteiger partial charge >= 0.3 is 0 Å². The Kier molecular flexibility index (Phi) is 4.33. The van der Waals surface area contributed by atoms with Crippen LogP contribution in [0.25, 0.3) is 0 Å². The smallest absolute Gasteiger partial charge is 0.271 e. The zero-order chi connectivity index (χ0) is 13.0. The second kappa shape index (κ2) is 5.97. The van der Waals surface area contributed by atoms with Gasteiger partial charge in [0.25, 0.3) is 5.91 Å². The molecule has 2 rings (SSSR count). The number of halogens is 2. The minimum absolute atomic E-state index is 0.267. The molecular weight excluding hydrogens is 364 g/mol. The van der Waals surface area contributed by atoms with Crippen molar-refractivity contribution >= 4 is 44.0 Å². The first kappa shape index (κ1) is 13.0. The maximum absolute atomic E-state index is 11.6.